The van der Waals surface area contributed by atoms with Gasteiger partial charge >= 0.3 is 6.09 Å². The zero-order valence-electron chi connectivity index (χ0n) is 16.4. The number of anilines is 1. The Balaban J connectivity index is 1.70. The summed E-state index contributed by atoms with van der Waals surface area (Å²) in [6.07, 6.45) is -0.176. The monoisotopic (exact) mass is 392 g/mol. The van der Waals surface area contributed by atoms with E-state index in [-0.39, 0.29) is 24.3 Å². The van der Waals surface area contributed by atoms with Crippen molar-refractivity contribution in [3.63, 3.8) is 0 Å². The zero-order valence-corrected chi connectivity index (χ0v) is 16.4. The molecule has 2 aliphatic heterocycles. The molecule has 152 valence electrons. The highest BCUT2D eigenvalue weighted by Crippen LogP contribution is 2.33. The van der Waals surface area contributed by atoms with Crippen molar-refractivity contribution in [2.24, 2.45) is 0 Å². The smallest absolute Gasteiger partial charge is 0.410 e. The molecule has 28 heavy (non-hydrogen) atoms. The van der Waals surface area contributed by atoms with E-state index in [1.54, 1.807) is 30.0 Å². The predicted molar refractivity (Wildman–Crippen MR) is 99.7 cm³/mol. The summed E-state index contributed by atoms with van der Waals surface area (Å²) >= 11 is 0. The van der Waals surface area contributed by atoms with E-state index in [1.807, 2.05) is 0 Å². The van der Waals surface area contributed by atoms with E-state index in [1.165, 1.54) is 19.1 Å². The van der Waals surface area contributed by atoms with Crippen molar-refractivity contribution in [3.8, 4) is 11.5 Å². The number of benzene rings is 1. The van der Waals surface area contributed by atoms with Crippen LogP contribution in [0.2, 0.25) is 0 Å². The maximum Gasteiger partial charge on any atom is 0.410 e. The number of methoxy groups -OCH3 is 2. The molecule has 0 bridgehead atoms. The van der Waals surface area contributed by atoms with Crippen LogP contribution in [0.15, 0.2) is 18.2 Å². The fourth-order valence-corrected chi connectivity index (χ4v) is 3.73. The Labute approximate surface area is 163 Å². The van der Waals surface area contributed by atoms with Crippen molar-refractivity contribution >= 4 is 23.6 Å². The van der Waals surface area contributed by atoms with Crippen LogP contribution in [0.5, 0.6) is 11.5 Å². The summed E-state index contributed by atoms with van der Waals surface area (Å²) in [7, 11) is 3.03. The Bertz CT molecular complexity index is 760. The molecular formula is C19H26N3O6+. The van der Waals surface area contributed by atoms with Crippen LogP contribution in [0, 0.1) is 0 Å². The lowest BCUT2D eigenvalue weighted by Crippen LogP contribution is -3.19. The van der Waals surface area contributed by atoms with Crippen LogP contribution < -0.4 is 19.3 Å². The molecule has 9 nitrogen and oxygen atoms in total. The highest BCUT2D eigenvalue weighted by molar-refractivity contribution is 6.22. The van der Waals surface area contributed by atoms with Crippen molar-refractivity contribution < 1.29 is 33.5 Å². The number of amides is 3. The normalized spacial score (nSPS) is 20.5. The van der Waals surface area contributed by atoms with Gasteiger partial charge in [0, 0.05) is 6.07 Å². The first-order valence-corrected chi connectivity index (χ1v) is 9.35. The van der Waals surface area contributed by atoms with Gasteiger partial charge in [-0.2, -0.15) is 0 Å². The van der Waals surface area contributed by atoms with Crippen LogP contribution in [0.25, 0.3) is 0 Å². The number of nitrogens with one attached hydrogen (secondary N) is 1. The van der Waals surface area contributed by atoms with E-state index in [4.69, 9.17) is 14.2 Å². The second-order valence-electron chi connectivity index (χ2n) is 6.71. The molecule has 3 rings (SSSR count). The SMILES string of the molecule is CCOC(=O)N1CC[NH+]([C@@H]2CC(=O)N(c3ccc(OC)c(OC)c3)C2=O)CC1. The highest BCUT2D eigenvalue weighted by atomic mass is 16.6. The summed E-state index contributed by atoms with van der Waals surface area (Å²) in [6, 6.07) is 4.54. The van der Waals surface area contributed by atoms with E-state index < -0.39 is 6.04 Å². The molecule has 0 aromatic heterocycles. The van der Waals surface area contributed by atoms with Gasteiger partial charge in [-0.3, -0.25) is 14.5 Å². The van der Waals surface area contributed by atoms with Gasteiger partial charge in [0.15, 0.2) is 17.5 Å². The number of piperazine rings is 1. The molecule has 0 unspecified atom stereocenters. The van der Waals surface area contributed by atoms with Gasteiger partial charge in [-0.05, 0) is 19.1 Å². The van der Waals surface area contributed by atoms with Crippen molar-refractivity contribution in [1.82, 2.24) is 4.90 Å². The van der Waals surface area contributed by atoms with Gasteiger partial charge in [0.2, 0.25) is 5.91 Å². The summed E-state index contributed by atoms with van der Waals surface area (Å²) < 4.78 is 15.5. The number of carbonyl (C=O) groups excluding carboxylic acids is 3. The Kier molecular flexibility index (Phi) is 6.03. The van der Waals surface area contributed by atoms with Gasteiger partial charge in [0.05, 0.1) is 59.1 Å². The van der Waals surface area contributed by atoms with Gasteiger partial charge < -0.3 is 19.1 Å². The molecule has 2 heterocycles. The molecule has 2 fully saturated rings. The molecule has 2 aliphatic rings. The van der Waals surface area contributed by atoms with Gasteiger partial charge in [-0.15, -0.1) is 0 Å². The molecular weight excluding hydrogens is 366 g/mol. The first kappa shape index (κ1) is 19.9. The lowest BCUT2D eigenvalue weighted by molar-refractivity contribution is -0.918. The van der Waals surface area contributed by atoms with E-state index in [0.29, 0.717) is 50.0 Å². The standard InChI is InChI=1S/C19H25N3O6/c1-4-28-19(25)21-9-7-20(8-10-21)14-12-17(23)22(18(14)24)13-5-6-15(26-2)16(11-13)27-3/h5-6,11,14H,4,7-10,12H2,1-3H3/p+1/t14-/m1/s1. The molecule has 3 amide bonds. The van der Waals surface area contributed by atoms with Crippen molar-refractivity contribution in [3.05, 3.63) is 18.2 Å². The number of imide groups is 1. The van der Waals surface area contributed by atoms with Crippen LogP contribution in [0.3, 0.4) is 0 Å². The molecule has 1 N–H and O–H groups in total. The Hall–Kier alpha value is -2.81. The van der Waals surface area contributed by atoms with E-state index in [9.17, 15) is 14.4 Å². The van der Waals surface area contributed by atoms with Crippen LogP contribution in [-0.2, 0) is 14.3 Å². The van der Waals surface area contributed by atoms with E-state index >= 15 is 0 Å². The summed E-state index contributed by atoms with van der Waals surface area (Å²) in [6.45, 7) is 4.31. The van der Waals surface area contributed by atoms with Crippen LogP contribution >= 0.6 is 0 Å². The minimum Gasteiger partial charge on any atom is -0.493 e. The van der Waals surface area contributed by atoms with E-state index in [0.717, 1.165) is 4.90 Å². The molecule has 1 aromatic carbocycles. The van der Waals surface area contributed by atoms with Gasteiger partial charge in [0.25, 0.3) is 5.91 Å². The molecule has 9 heteroatoms. The number of quaternary nitrogens is 1. The van der Waals surface area contributed by atoms with Crippen LogP contribution in [0.1, 0.15) is 13.3 Å². The summed E-state index contributed by atoms with van der Waals surface area (Å²) in [4.78, 5) is 41.3. The average Bonchev–Trinajstić information content (AvgIpc) is 3.01. The maximum atomic E-state index is 13.0. The lowest BCUT2D eigenvalue weighted by Gasteiger charge is -2.33. The van der Waals surface area contributed by atoms with Crippen molar-refractivity contribution in [2.45, 2.75) is 19.4 Å². The fourth-order valence-electron chi connectivity index (χ4n) is 3.73. The van der Waals surface area contributed by atoms with Gasteiger partial charge in [0.1, 0.15) is 0 Å². The number of carbonyl (C=O) groups is 3. The third kappa shape index (κ3) is 3.75. The number of hydrogen-bond donors (Lipinski definition) is 1. The zero-order chi connectivity index (χ0) is 20.3. The number of nitrogens with zero attached hydrogens (tertiary/aromatic N) is 2. The molecule has 1 aromatic rings. The largest absolute Gasteiger partial charge is 0.493 e. The first-order valence-electron chi connectivity index (χ1n) is 9.35. The minimum atomic E-state index is -0.440. The van der Waals surface area contributed by atoms with Crippen molar-refractivity contribution in [2.75, 3.05) is 51.9 Å². The van der Waals surface area contributed by atoms with Crippen molar-refractivity contribution in [1.29, 1.82) is 0 Å². The van der Waals surface area contributed by atoms with Crippen LogP contribution in [-0.4, -0.2) is 75.9 Å². The second kappa shape index (κ2) is 8.47. The molecule has 1 atom stereocenters. The molecule has 0 spiro atoms. The van der Waals surface area contributed by atoms with Gasteiger partial charge in [-0.1, -0.05) is 0 Å². The summed E-state index contributed by atoms with van der Waals surface area (Å²) in [5.41, 5.74) is 0.472. The number of rotatable bonds is 5. The minimum absolute atomic E-state index is 0.155. The first-order chi connectivity index (χ1) is 13.5. The fraction of sp³-hybridized carbons (Fsp3) is 0.526. The maximum absolute atomic E-state index is 13.0. The van der Waals surface area contributed by atoms with Crippen LogP contribution in [0.4, 0.5) is 10.5 Å². The molecule has 0 radical (unpaired) electrons. The topological polar surface area (TPSA) is 89.8 Å². The lowest BCUT2D eigenvalue weighted by atomic mass is 10.2. The summed E-state index contributed by atoms with van der Waals surface area (Å²) in [5, 5.41) is 0. The van der Waals surface area contributed by atoms with Gasteiger partial charge in [-0.25, -0.2) is 9.69 Å². The molecule has 0 saturated carbocycles. The predicted octanol–water partition coefficient (Wildman–Crippen LogP) is -0.307. The Morgan fingerprint density at radius 2 is 1.82 bits per heavy atom. The number of hydrogen-bond acceptors (Lipinski definition) is 6. The number of ether oxygens (including phenoxy) is 3. The molecule has 0 aliphatic carbocycles. The quantitative estimate of drug-likeness (QED) is 0.692. The Morgan fingerprint density at radius 1 is 1.14 bits per heavy atom. The third-order valence-corrected chi connectivity index (χ3v) is 5.20. The highest BCUT2D eigenvalue weighted by Gasteiger charge is 2.46. The average molecular weight is 392 g/mol. The summed E-state index contributed by atoms with van der Waals surface area (Å²) in [5.74, 6) is 0.529. The Morgan fingerprint density at radius 3 is 2.43 bits per heavy atom. The van der Waals surface area contributed by atoms with E-state index in [2.05, 4.69) is 0 Å². The third-order valence-electron chi connectivity index (χ3n) is 5.20. The second-order valence-corrected chi connectivity index (χ2v) is 6.71. The molecule has 2 saturated heterocycles.